The van der Waals surface area contributed by atoms with Crippen LogP contribution in [0.2, 0.25) is 0 Å². The zero-order valence-corrected chi connectivity index (χ0v) is 13.4. The van der Waals surface area contributed by atoms with Crippen molar-refractivity contribution in [3.05, 3.63) is 34.6 Å². The Morgan fingerprint density at radius 2 is 2.30 bits per heavy atom. The molecular weight excluding hydrogens is 342 g/mol. The number of rotatable bonds is 4. The Morgan fingerprint density at radius 1 is 1.55 bits per heavy atom. The van der Waals surface area contributed by atoms with Gasteiger partial charge in [-0.25, -0.2) is 4.68 Å². The van der Waals surface area contributed by atoms with E-state index in [-0.39, 0.29) is 11.2 Å². The standard InChI is InChI=1S/C12H14BrN5OS/c1-7-3-4-10(9(13)5-7)16-11(19)8(2)20-12-17-15-6-18(12)14/h3-6,8H,14H2,1-2H3,(H,16,19)/t8-/m0/s1. The van der Waals surface area contributed by atoms with Crippen LogP contribution in [0.1, 0.15) is 12.5 Å². The molecule has 1 aromatic carbocycles. The Balaban J connectivity index is 2.02. The molecule has 0 unspecified atom stereocenters. The summed E-state index contributed by atoms with van der Waals surface area (Å²) in [7, 11) is 0. The van der Waals surface area contributed by atoms with Crippen LogP contribution < -0.4 is 11.2 Å². The maximum absolute atomic E-state index is 12.1. The molecule has 6 nitrogen and oxygen atoms in total. The molecule has 1 amide bonds. The largest absolute Gasteiger partial charge is 0.336 e. The summed E-state index contributed by atoms with van der Waals surface area (Å²) in [5.74, 6) is 5.49. The summed E-state index contributed by atoms with van der Waals surface area (Å²) < 4.78 is 2.14. The SMILES string of the molecule is Cc1ccc(NC(=O)[C@H](C)Sc2nncn2N)c(Br)c1. The summed E-state index contributed by atoms with van der Waals surface area (Å²) in [5, 5.41) is 10.5. The highest BCUT2D eigenvalue weighted by molar-refractivity contribution is 9.10. The van der Waals surface area contributed by atoms with Crippen molar-refractivity contribution in [2.24, 2.45) is 0 Å². The van der Waals surface area contributed by atoms with Gasteiger partial charge in [-0.2, -0.15) is 0 Å². The number of thioether (sulfide) groups is 1. The lowest BCUT2D eigenvalue weighted by molar-refractivity contribution is -0.115. The average molecular weight is 356 g/mol. The summed E-state index contributed by atoms with van der Waals surface area (Å²) >= 11 is 4.68. The second kappa shape index (κ2) is 6.27. The van der Waals surface area contributed by atoms with E-state index in [1.54, 1.807) is 6.92 Å². The van der Waals surface area contributed by atoms with Gasteiger partial charge in [-0.3, -0.25) is 4.79 Å². The Labute approximate surface area is 129 Å². The van der Waals surface area contributed by atoms with Gasteiger partial charge < -0.3 is 11.2 Å². The number of anilines is 1. The van der Waals surface area contributed by atoms with Gasteiger partial charge in [-0.1, -0.05) is 17.8 Å². The van der Waals surface area contributed by atoms with Gasteiger partial charge in [-0.15, -0.1) is 10.2 Å². The molecule has 1 aromatic heterocycles. The first kappa shape index (κ1) is 14.9. The van der Waals surface area contributed by atoms with Crippen molar-refractivity contribution in [2.75, 3.05) is 11.2 Å². The van der Waals surface area contributed by atoms with Crippen LogP contribution in [0.5, 0.6) is 0 Å². The molecule has 2 aromatic rings. The fraction of sp³-hybridized carbons (Fsp3) is 0.250. The second-order valence-electron chi connectivity index (χ2n) is 4.25. The summed E-state index contributed by atoms with van der Waals surface area (Å²) in [6, 6.07) is 5.75. The highest BCUT2D eigenvalue weighted by Crippen LogP contribution is 2.25. The lowest BCUT2D eigenvalue weighted by Gasteiger charge is -2.12. The number of nitrogen functional groups attached to an aromatic ring is 1. The predicted octanol–water partition coefficient (Wildman–Crippen LogP) is 2.18. The molecule has 20 heavy (non-hydrogen) atoms. The van der Waals surface area contributed by atoms with Crippen molar-refractivity contribution in [3.8, 4) is 0 Å². The minimum atomic E-state index is -0.338. The predicted molar refractivity (Wildman–Crippen MR) is 83.0 cm³/mol. The molecule has 0 radical (unpaired) electrons. The molecule has 3 N–H and O–H groups in total. The van der Waals surface area contributed by atoms with Crippen LogP contribution in [0.25, 0.3) is 0 Å². The fourth-order valence-corrected chi connectivity index (χ4v) is 2.82. The summed E-state index contributed by atoms with van der Waals surface area (Å²) in [6.45, 7) is 3.78. The minimum absolute atomic E-state index is 0.123. The van der Waals surface area contributed by atoms with E-state index in [2.05, 4.69) is 31.4 Å². The van der Waals surface area contributed by atoms with Crippen molar-refractivity contribution in [3.63, 3.8) is 0 Å². The highest BCUT2D eigenvalue weighted by atomic mass is 79.9. The van der Waals surface area contributed by atoms with E-state index in [9.17, 15) is 4.79 Å². The maximum Gasteiger partial charge on any atom is 0.237 e. The van der Waals surface area contributed by atoms with Crippen LogP contribution in [-0.4, -0.2) is 26.0 Å². The topological polar surface area (TPSA) is 85.8 Å². The van der Waals surface area contributed by atoms with Crippen molar-refractivity contribution >= 4 is 39.3 Å². The van der Waals surface area contributed by atoms with E-state index in [0.717, 1.165) is 15.7 Å². The molecule has 8 heteroatoms. The third-order valence-corrected chi connectivity index (χ3v) is 4.30. The monoisotopic (exact) mass is 355 g/mol. The first-order chi connectivity index (χ1) is 9.47. The van der Waals surface area contributed by atoms with Crippen LogP contribution in [0.4, 0.5) is 5.69 Å². The van der Waals surface area contributed by atoms with E-state index < -0.39 is 0 Å². The molecule has 1 heterocycles. The first-order valence-corrected chi connectivity index (χ1v) is 7.53. The Kier molecular flexibility index (Phi) is 4.66. The van der Waals surface area contributed by atoms with E-state index in [1.165, 1.54) is 22.8 Å². The number of amides is 1. The van der Waals surface area contributed by atoms with E-state index >= 15 is 0 Å². The number of hydrogen-bond donors (Lipinski definition) is 2. The first-order valence-electron chi connectivity index (χ1n) is 5.86. The molecular formula is C12H14BrN5OS. The number of carbonyl (C=O) groups excluding carboxylic acids is 1. The lowest BCUT2D eigenvalue weighted by Crippen LogP contribution is -2.23. The maximum atomic E-state index is 12.1. The van der Waals surface area contributed by atoms with E-state index in [4.69, 9.17) is 5.84 Å². The van der Waals surface area contributed by atoms with Crippen molar-refractivity contribution in [1.82, 2.24) is 14.9 Å². The minimum Gasteiger partial charge on any atom is -0.336 e. The number of aryl methyl sites for hydroxylation is 1. The highest BCUT2D eigenvalue weighted by Gasteiger charge is 2.18. The van der Waals surface area contributed by atoms with Gasteiger partial charge >= 0.3 is 0 Å². The summed E-state index contributed by atoms with van der Waals surface area (Å²) in [4.78, 5) is 12.1. The third-order valence-electron chi connectivity index (χ3n) is 2.57. The molecule has 106 valence electrons. The van der Waals surface area contributed by atoms with Gasteiger partial charge in [0.2, 0.25) is 11.1 Å². The number of nitrogens with two attached hydrogens (primary N) is 1. The zero-order valence-electron chi connectivity index (χ0n) is 11.0. The lowest BCUT2D eigenvalue weighted by atomic mass is 10.2. The molecule has 0 fully saturated rings. The van der Waals surface area contributed by atoms with Crippen LogP contribution in [0.15, 0.2) is 34.2 Å². The number of nitrogens with zero attached hydrogens (tertiary/aromatic N) is 3. The normalized spacial score (nSPS) is 12.2. The van der Waals surface area contributed by atoms with E-state index in [0.29, 0.717) is 5.16 Å². The molecule has 0 aliphatic heterocycles. The van der Waals surface area contributed by atoms with Crippen molar-refractivity contribution in [1.29, 1.82) is 0 Å². The Morgan fingerprint density at radius 3 is 2.90 bits per heavy atom. The number of halogens is 1. The van der Waals surface area contributed by atoms with Crippen molar-refractivity contribution < 1.29 is 4.79 Å². The molecule has 2 rings (SSSR count). The summed E-state index contributed by atoms with van der Waals surface area (Å²) in [6.07, 6.45) is 1.39. The third kappa shape index (κ3) is 3.51. The van der Waals surface area contributed by atoms with Crippen LogP contribution in [0.3, 0.4) is 0 Å². The number of benzene rings is 1. The fourth-order valence-electron chi connectivity index (χ4n) is 1.48. The molecule has 0 saturated heterocycles. The average Bonchev–Trinajstić information content (AvgIpc) is 2.78. The van der Waals surface area contributed by atoms with E-state index in [1.807, 2.05) is 25.1 Å². The van der Waals surface area contributed by atoms with Crippen LogP contribution in [-0.2, 0) is 4.79 Å². The molecule has 1 atom stereocenters. The summed E-state index contributed by atoms with van der Waals surface area (Å²) in [5.41, 5.74) is 1.86. The smallest absolute Gasteiger partial charge is 0.237 e. The number of hydrogen-bond acceptors (Lipinski definition) is 5. The van der Waals surface area contributed by atoms with Gasteiger partial charge in [0.1, 0.15) is 6.33 Å². The molecule has 0 saturated carbocycles. The number of nitrogens with one attached hydrogen (secondary N) is 1. The van der Waals surface area contributed by atoms with Crippen LogP contribution in [0, 0.1) is 6.92 Å². The van der Waals surface area contributed by atoms with Gasteiger partial charge in [-0.05, 0) is 47.5 Å². The Hall–Kier alpha value is -1.54. The molecule has 0 aliphatic carbocycles. The molecule has 0 spiro atoms. The van der Waals surface area contributed by atoms with Gasteiger partial charge in [0, 0.05) is 4.47 Å². The Bertz CT molecular complexity index is 630. The molecule has 0 aliphatic rings. The quantitative estimate of drug-likeness (QED) is 0.648. The zero-order chi connectivity index (χ0) is 14.7. The molecule has 0 bridgehead atoms. The van der Waals surface area contributed by atoms with Gasteiger partial charge in [0.05, 0.1) is 10.9 Å². The number of carbonyl (C=O) groups is 1. The number of aromatic nitrogens is 3. The van der Waals surface area contributed by atoms with Crippen LogP contribution >= 0.6 is 27.7 Å². The van der Waals surface area contributed by atoms with Gasteiger partial charge in [0.15, 0.2) is 0 Å². The second-order valence-corrected chi connectivity index (χ2v) is 6.42. The van der Waals surface area contributed by atoms with Crippen molar-refractivity contribution in [2.45, 2.75) is 24.3 Å². The van der Waals surface area contributed by atoms with Gasteiger partial charge in [0.25, 0.3) is 0 Å².